The molecule has 0 fully saturated rings. The van der Waals surface area contributed by atoms with E-state index in [-0.39, 0.29) is 11.7 Å². The van der Waals surface area contributed by atoms with E-state index in [1.54, 1.807) is 24.3 Å². The zero-order valence-electron chi connectivity index (χ0n) is 15.3. The number of hydrogen-bond acceptors (Lipinski definition) is 3. The lowest BCUT2D eigenvalue weighted by molar-refractivity contribution is -0.111. The van der Waals surface area contributed by atoms with Gasteiger partial charge in [0, 0.05) is 22.8 Å². The highest BCUT2D eigenvalue weighted by molar-refractivity contribution is 6.03. The van der Waals surface area contributed by atoms with Crippen molar-refractivity contribution in [2.24, 2.45) is 0 Å². The van der Waals surface area contributed by atoms with Gasteiger partial charge in [0.25, 0.3) is 0 Å². The highest BCUT2D eigenvalue weighted by Gasteiger charge is 2.12. The maximum Gasteiger partial charge on any atom is 0.248 e. The van der Waals surface area contributed by atoms with Crippen LogP contribution in [0.5, 0.6) is 0 Å². The van der Waals surface area contributed by atoms with E-state index in [0.29, 0.717) is 28.5 Å². The fourth-order valence-corrected chi connectivity index (χ4v) is 2.85. The Hall–Kier alpha value is -4.06. The lowest BCUT2D eigenvalue weighted by Crippen LogP contribution is -2.09. The highest BCUT2D eigenvalue weighted by Crippen LogP contribution is 2.26. The number of amides is 1. The number of carbonyl (C=O) groups is 1. The first-order valence-electron chi connectivity index (χ1n) is 9.01. The molecule has 3 aromatic carbocycles. The summed E-state index contributed by atoms with van der Waals surface area (Å²) in [5.74, 6) is 0.356. The van der Waals surface area contributed by atoms with Gasteiger partial charge in [0.15, 0.2) is 11.6 Å². The lowest BCUT2D eigenvalue weighted by atomic mass is 10.1. The summed E-state index contributed by atoms with van der Waals surface area (Å²) in [6.45, 7) is 0. The van der Waals surface area contributed by atoms with Crippen molar-refractivity contribution >= 4 is 17.7 Å². The van der Waals surface area contributed by atoms with E-state index in [4.69, 9.17) is 0 Å². The van der Waals surface area contributed by atoms with Crippen molar-refractivity contribution in [1.29, 1.82) is 0 Å². The van der Waals surface area contributed by atoms with Crippen LogP contribution in [0.4, 0.5) is 10.1 Å². The summed E-state index contributed by atoms with van der Waals surface area (Å²) in [6.07, 6.45) is 2.74. The number of nitrogens with zero attached hydrogens (tertiary/aromatic N) is 2. The zero-order chi connectivity index (χ0) is 20.1. The van der Waals surface area contributed by atoms with Crippen LogP contribution in [0.15, 0.2) is 84.9 Å². The molecular formula is C23H17FN4O. The smallest absolute Gasteiger partial charge is 0.248 e. The molecule has 0 unspecified atom stereocenters. The number of H-pyrrole nitrogens is 1. The molecule has 29 heavy (non-hydrogen) atoms. The summed E-state index contributed by atoms with van der Waals surface area (Å²) in [7, 11) is 0. The number of carbonyl (C=O) groups excluding carboxylic acids is 1. The Labute approximate surface area is 167 Å². The van der Waals surface area contributed by atoms with E-state index < -0.39 is 0 Å². The summed E-state index contributed by atoms with van der Waals surface area (Å²) in [5.41, 5.74) is 2.52. The Balaban J connectivity index is 1.55. The van der Waals surface area contributed by atoms with Crippen molar-refractivity contribution in [3.05, 3.63) is 96.3 Å². The Morgan fingerprint density at radius 3 is 2.48 bits per heavy atom. The van der Waals surface area contributed by atoms with Crippen molar-refractivity contribution in [3.63, 3.8) is 0 Å². The molecule has 0 aliphatic heterocycles. The number of aromatic amines is 1. The van der Waals surface area contributed by atoms with Gasteiger partial charge in [0.2, 0.25) is 5.91 Å². The van der Waals surface area contributed by atoms with Crippen molar-refractivity contribution in [3.8, 4) is 22.8 Å². The molecule has 0 aliphatic carbocycles. The van der Waals surface area contributed by atoms with Crippen LogP contribution in [0.1, 0.15) is 5.56 Å². The third kappa shape index (κ3) is 4.27. The minimum Gasteiger partial charge on any atom is -0.322 e. The summed E-state index contributed by atoms with van der Waals surface area (Å²) >= 11 is 0. The van der Waals surface area contributed by atoms with Crippen LogP contribution in [0.2, 0.25) is 0 Å². The second-order valence-electron chi connectivity index (χ2n) is 6.26. The predicted molar refractivity (Wildman–Crippen MR) is 111 cm³/mol. The second kappa shape index (κ2) is 8.31. The van der Waals surface area contributed by atoms with Gasteiger partial charge in [-0.3, -0.25) is 9.89 Å². The van der Waals surface area contributed by atoms with E-state index in [2.05, 4.69) is 20.5 Å². The number of para-hydroxylation sites is 1. The zero-order valence-corrected chi connectivity index (χ0v) is 15.3. The van der Waals surface area contributed by atoms with Gasteiger partial charge in [-0.15, -0.1) is 0 Å². The summed E-state index contributed by atoms with van der Waals surface area (Å²) in [6, 6.07) is 23.2. The molecule has 0 saturated carbocycles. The summed E-state index contributed by atoms with van der Waals surface area (Å²) in [4.78, 5) is 16.9. The van der Waals surface area contributed by atoms with Crippen molar-refractivity contribution < 1.29 is 9.18 Å². The quantitative estimate of drug-likeness (QED) is 0.479. The molecule has 4 aromatic rings. The SMILES string of the molecule is O=C(/C=C/c1ccccc1F)Nc1ccccc1-c1nc(-c2ccccc2)n[nH]1. The average Bonchev–Trinajstić information content (AvgIpc) is 3.24. The number of anilines is 1. The van der Waals surface area contributed by atoms with E-state index in [1.165, 1.54) is 18.2 Å². The number of benzene rings is 3. The van der Waals surface area contributed by atoms with Crippen LogP contribution in [0.25, 0.3) is 28.9 Å². The van der Waals surface area contributed by atoms with Crippen LogP contribution in [0, 0.1) is 5.82 Å². The summed E-state index contributed by atoms with van der Waals surface area (Å²) < 4.78 is 13.7. The van der Waals surface area contributed by atoms with E-state index in [9.17, 15) is 9.18 Å². The first-order chi connectivity index (χ1) is 14.2. The van der Waals surface area contributed by atoms with Crippen molar-refractivity contribution in [2.45, 2.75) is 0 Å². The largest absolute Gasteiger partial charge is 0.322 e. The number of nitrogens with one attached hydrogen (secondary N) is 2. The Bertz CT molecular complexity index is 1170. The molecule has 0 aliphatic rings. The fraction of sp³-hybridized carbons (Fsp3) is 0. The number of hydrogen-bond donors (Lipinski definition) is 2. The molecule has 5 nitrogen and oxygen atoms in total. The molecular weight excluding hydrogens is 367 g/mol. The van der Waals surface area contributed by atoms with E-state index in [1.807, 2.05) is 48.5 Å². The monoisotopic (exact) mass is 384 g/mol. The van der Waals surface area contributed by atoms with Crippen LogP contribution in [-0.4, -0.2) is 21.1 Å². The Morgan fingerprint density at radius 1 is 0.931 bits per heavy atom. The molecule has 1 aromatic heterocycles. The van der Waals surface area contributed by atoms with Gasteiger partial charge >= 0.3 is 0 Å². The van der Waals surface area contributed by atoms with Gasteiger partial charge in [0.05, 0.1) is 5.69 Å². The highest BCUT2D eigenvalue weighted by atomic mass is 19.1. The topological polar surface area (TPSA) is 70.7 Å². The summed E-state index contributed by atoms with van der Waals surface area (Å²) in [5, 5.41) is 10.00. The molecule has 1 heterocycles. The molecule has 1 amide bonds. The Kier molecular flexibility index (Phi) is 5.25. The molecule has 0 saturated heterocycles. The van der Waals surface area contributed by atoms with E-state index in [0.717, 1.165) is 5.56 Å². The molecule has 6 heteroatoms. The van der Waals surface area contributed by atoms with Crippen LogP contribution >= 0.6 is 0 Å². The van der Waals surface area contributed by atoms with Crippen molar-refractivity contribution in [2.75, 3.05) is 5.32 Å². The van der Waals surface area contributed by atoms with Gasteiger partial charge in [-0.2, -0.15) is 5.10 Å². The maximum atomic E-state index is 13.7. The first kappa shape index (κ1) is 18.3. The molecule has 0 radical (unpaired) electrons. The maximum absolute atomic E-state index is 13.7. The molecule has 4 rings (SSSR count). The van der Waals surface area contributed by atoms with Gasteiger partial charge in [-0.1, -0.05) is 60.7 Å². The van der Waals surface area contributed by atoms with Gasteiger partial charge in [-0.05, 0) is 24.3 Å². The molecule has 0 bridgehead atoms. The minimum absolute atomic E-state index is 0.346. The Morgan fingerprint density at radius 2 is 1.66 bits per heavy atom. The van der Waals surface area contributed by atoms with Crippen molar-refractivity contribution in [1.82, 2.24) is 15.2 Å². The first-order valence-corrected chi connectivity index (χ1v) is 9.01. The molecule has 2 N–H and O–H groups in total. The van der Waals surface area contributed by atoms with Crippen LogP contribution in [-0.2, 0) is 4.79 Å². The van der Waals surface area contributed by atoms with Gasteiger partial charge in [0.1, 0.15) is 5.82 Å². The fourth-order valence-electron chi connectivity index (χ4n) is 2.85. The normalized spacial score (nSPS) is 10.9. The van der Waals surface area contributed by atoms with Crippen LogP contribution < -0.4 is 5.32 Å². The van der Waals surface area contributed by atoms with Crippen LogP contribution in [0.3, 0.4) is 0 Å². The van der Waals surface area contributed by atoms with E-state index >= 15 is 0 Å². The minimum atomic E-state index is -0.382. The molecule has 142 valence electrons. The molecule has 0 spiro atoms. The predicted octanol–water partition coefficient (Wildman–Crippen LogP) is 4.93. The average molecular weight is 384 g/mol. The van der Waals surface area contributed by atoms with Gasteiger partial charge in [-0.25, -0.2) is 9.37 Å². The lowest BCUT2D eigenvalue weighted by Gasteiger charge is -2.07. The number of halogens is 1. The number of rotatable bonds is 5. The van der Waals surface area contributed by atoms with Gasteiger partial charge < -0.3 is 5.32 Å². The third-order valence-corrected chi connectivity index (χ3v) is 4.28. The third-order valence-electron chi connectivity index (χ3n) is 4.28. The standard InChI is InChI=1S/C23H17FN4O/c24-19-12-6-4-8-16(19)14-15-21(29)25-20-13-7-5-11-18(20)23-26-22(27-28-23)17-9-2-1-3-10-17/h1-15H,(H,25,29)(H,26,27,28)/b15-14+. The second-order valence-corrected chi connectivity index (χ2v) is 6.26. The number of aromatic nitrogens is 3. The molecule has 0 atom stereocenters.